The summed E-state index contributed by atoms with van der Waals surface area (Å²) in [5.74, 6) is 1.57. The normalized spacial score (nSPS) is 9.53. The fourth-order valence-corrected chi connectivity index (χ4v) is 1.07. The minimum Gasteiger partial charge on any atom is -0.493 e. The van der Waals surface area contributed by atoms with Gasteiger partial charge in [-0.3, -0.25) is 0 Å². The Morgan fingerprint density at radius 2 is 1.67 bits per heavy atom. The van der Waals surface area contributed by atoms with Crippen LogP contribution in [-0.4, -0.2) is 6.61 Å². The molecule has 0 atom stereocenters. The second-order valence-corrected chi connectivity index (χ2v) is 3.95. The van der Waals surface area contributed by atoms with E-state index in [0.717, 1.165) is 12.4 Å². The van der Waals surface area contributed by atoms with Crippen LogP contribution in [0.2, 0.25) is 0 Å². The van der Waals surface area contributed by atoms with Crippen LogP contribution in [0.4, 0.5) is 0 Å². The van der Waals surface area contributed by atoms with E-state index in [4.69, 9.17) is 4.74 Å². The molecule has 1 rings (SSSR count). The zero-order valence-corrected chi connectivity index (χ0v) is 10.9. The minimum absolute atomic E-state index is 0.585. The van der Waals surface area contributed by atoms with Crippen molar-refractivity contribution in [3.63, 3.8) is 0 Å². The van der Waals surface area contributed by atoms with Crippen LogP contribution in [-0.2, 0) is 0 Å². The van der Waals surface area contributed by atoms with Gasteiger partial charge in [-0.2, -0.15) is 0 Å². The SMILES string of the molecule is CC.Cc1ccc(OCC(C)C)cc1C. The maximum atomic E-state index is 5.60. The lowest BCUT2D eigenvalue weighted by molar-refractivity contribution is 0.271. The molecular formula is C14H24O. The van der Waals surface area contributed by atoms with Crippen molar-refractivity contribution in [2.45, 2.75) is 41.5 Å². The standard InChI is InChI=1S/C12H18O.C2H6/c1-9(2)8-13-12-6-5-10(3)11(4)7-12;1-2/h5-7,9H,8H2,1-4H3;1-2H3. The molecule has 0 fully saturated rings. The maximum Gasteiger partial charge on any atom is 0.119 e. The number of rotatable bonds is 3. The van der Waals surface area contributed by atoms with Gasteiger partial charge in [0.1, 0.15) is 5.75 Å². The monoisotopic (exact) mass is 208 g/mol. The number of ether oxygens (including phenoxy) is 1. The fourth-order valence-electron chi connectivity index (χ4n) is 1.07. The fraction of sp³-hybridized carbons (Fsp3) is 0.571. The Morgan fingerprint density at radius 1 is 1.07 bits per heavy atom. The zero-order valence-electron chi connectivity index (χ0n) is 10.9. The molecule has 0 aliphatic carbocycles. The van der Waals surface area contributed by atoms with Crippen LogP contribution in [0.5, 0.6) is 5.75 Å². The summed E-state index contributed by atoms with van der Waals surface area (Å²) in [7, 11) is 0. The van der Waals surface area contributed by atoms with Gasteiger partial charge in [0.25, 0.3) is 0 Å². The molecule has 1 aromatic rings. The van der Waals surface area contributed by atoms with Gasteiger partial charge < -0.3 is 4.74 Å². The Labute approximate surface area is 94.5 Å². The second-order valence-electron chi connectivity index (χ2n) is 3.95. The summed E-state index contributed by atoms with van der Waals surface area (Å²) in [6.45, 7) is 13.3. The van der Waals surface area contributed by atoms with E-state index in [-0.39, 0.29) is 0 Å². The van der Waals surface area contributed by atoms with Crippen LogP contribution >= 0.6 is 0 Å². The average Bonchev–Trinajstić information content (AvgIpc) is 2.23. The van der Waals surface area contributed by atoms with E-state index >= 15 is 0 Å². The third kappa shape index (κ3) is 5.46. The van der Waals surface area contributed by atoms with Crippen molar-refractivity contribution >= 4 is 0 Å². The van der Waals surface area contributed by atoms with Crippen molar-refractivity contribution in [2.75, 3.05) is 6.61 Å². The van der Waals surface area contributed by atoms with E-state index in [1.165, 1.54) is 11.1 Å². The molecule has 1 heteroatoms. The number of hydrogen-bond donors (Lipinski definition) is 0. The van der Waals surface area contributed by atoms with Crippen molar-refractivity contribution in [1.82, 2.24) is 0 Å². The van der Waals surface area contributed by atoms with Gasteiger partial charge in [0.15, 0.2) is 0 Å². The molecule has 15 heavy (non-hydrogen) atoms. The topological polar surface area (TPSA) is 9.23 Å². The molecule has 0 heterocycles. The van der Waals surface area contributed by atoms with Crippen molar-refractivity contribution in [3.05, 3.63) is 29.3 Å². The summed E-state index contributed by atoms with van der Waals surface area (Å²) in [6.07, 6.45) is 0. The van der Waals surface area contributed by atoms with E-state index in [0.29, 0.717) is 5.92 Å². The highest BCUT2D eigenvalue weighted by atomic mass is 16.5. The molecule has 1 aromatic carbocycles. The maximum absolute atomic E-state index is 5.60. The summed E-state index contributed by atoms with van der Waals surface area (Å²) in [6, 6.07) is 6.23. The van der Waals surface area contributed by atoms with Crippen LogP contribution in [0.15, 0.2) is 18.2 Å². The van der Waals surface area contributed by atoms with Gasteiger partial charge in [-0.15, -0.1) is 0 Å². The summed E-state index contributed by atoms with van der Waals surface area (Å²) in [5, 5.41) is 0. The molecule has 0 amide bonds. The summed E-state index contributed by atoms with van der Waals surface area (Å²) in [4.78, 5) is 0. The van der Waals surface area contributed by atoms with Gasteiger partial charge in [-0.25, -0.2) is 0 Å². The van der Waals surface area contributed by atoms with Crippen molar-refractivity contribution < 1.29 is 4.74 Å². The highest BCUT2D eigenvalue weighted by Crippen LogP contribution is 2.16. The zero-order chi connectivity index (χ0) is 11.8. The molecule has 0 bridgehead atoms. The van der Waals surface area contributed by atoms with E-state index in [1.807, 2.05) is 19.9 Å². The highest BCUT2D eigenvalue weighted by molar-refractivity contribution is 5.33. The van der Waals surface area contributed by atoms with Crippen molar-refractivity contribution in [1.29, 1.82) is 0 Å². The minimum atomic E-state index is 0.585. The first-order valence-electron chi connectivity index (χ1n) is 5.79. The first kappa shape index (κ1) is 14.0. The molecule has 0 unspecified atom stereocenters. The van der Waals surface area contributed by atoms with Crippen LogP contribution in [0, 0.1) is 19.8 Å². The van der Waals surface area contributed by atoms with E-state index in [2.05, 4.69) is 39.8 Å². The van der Waals surface area contributed by atoms with Crippen molar-refractivity contribution in [2.24, 2.45) is 5.92 Å². The summed E-state index contributed by atoms with van der Waals surface area (Å²) in [5.41, 5.74) is 2.61. The molecule has 0 radical (unpaired) electrons. The van der Waals surface area contributed by atoms with E-state index < -0.39 is 0 Å². The number of aryl methyl sites for hydroxylation is 2. The molecule has 0 N–H and O–H groups in total. The van der Waals surface area contributed by atoms with Gasteiger partial charge in [0, 0.05) is 0 Å². The molecule has 1 nitrogen and oxygen atoms in total. The number of hydrogen-bond acceptors (Lipinski definition) is 1. The molecule has 0 spiro atoms. The van der Waals surface area contributed by atoms with Crippen LogP contribution in [0.1, 0.15) is 38.8 Å². The predicted octanol–water partition coefficient (Wildman–Crippen LogP) is 4.36. The van der Waals surface area contributed by atoms with Gasteiger partial charge in [0.2, 0.25) is 0 Å². The summed E-state index contributed by atoms with van der Waals surface area (Å²) < 4.78 is 5.60. The molecule has 0 saturated heterocycles. The lowest BCUT2D eigenvalue weighted by Gasteiger charge is -2.09. The largest absolute Gasteiger partial charge is 0.493 e. The molecule has 0 aromatic heterocycles. The Bertz CT molecular complexity index is 277. The molecule has 0 aliphatic rings. The Morgan fingerprint density at radius 3 is 2.13 bits per heavy atom. The first-order chi connectivity index (χ1) is 7.09. The van der Waals surface area contributed by atoms with Gasteiger partial charge >= 0.3 is 0 Å². The van der Waals surface area contributed by atoms with Gasteiger partial charge in [-0.05, 0) is 43.0 Å². The first-order valence-corrected chi connectivity index (χ1v) is 5.79. The predicted molar refractivity (Wildman–Crippen MR) is 67.6 cm³/mol. The highest BCUT2D eigenvalue weighted by Gasteiger charge is 1.98. The smallest absolute Gasteiger partial charge is 0.119 e. The average molecular weight is 208 g/mol. The Hall–Kier alpha value is -0.980. The van der Waals surface area contributed by atoms with E-state index in [1.54, 1.807) is 0 Å². The van der Waals surface area contributed by atoms with Crippen molar-refractivity contribution in [3.8, 4) is 5.75 Å². The van der Waals surface area contributed by atoms with Crippen LogP contribution in [0.25, 0.3) is 0 Å². The second kappa shape index (κ2) is 7.33. The Balaban J connectivity index is 0.000000921. The van der Waals surface area contributed by atoms with Gasteiger partial charge in [0.05, 0.1) is 6.61 Å². The molecule has 86 valence electrons. The van der Waals surface area contributed by atoms with E-state index in [9.17, 15) is 0 Å². The Kier molecular flexibility index (Phi) is 6.85. The molecular weight excluding hydrogens is 184 g/mol. The lowest BCUT2D eigenvalue weighted by atomic mass is 10.1. The lowest BCUT2D eigenvalue weighted by Crippen LogP contribution is -2.04. The molecule has 0 saturated carbocycles. The number of benzene rings is 1. The van der Waals surface area contributed by atoms with Crippen LogP contribution in [0.3, 0.4) is 0 Å². The quantitative estimate of drug-likeness (QED) is 0.717. The third-order valence-electron chi connectivity index (χ3n) is 2.06. The van der Waals surface area contributed by atoms with Gasteiger partial charge in [-0.1, -0.05) is 33.8 Å². The third-order valence-corrected chi connectivity index (χ3v) is 2.06. The van der Waals surface area contributed by atoms with Crippen LogP contribution < -0.4 is 4.74 Å². The molecule has 0 aliphatic heterocycles. The summed E-state index contributed by atoms with van der Waals surface area (Å²) >= 11 is 0.